The quantitative estimate of drug-likeness (QED) is 0.918. The van der Waals surface area contributed by atoms with Crippen LogP contribution in [0.15, 0.2) is 0 Å². The van der Waals surface area contributed by atoms with E-state index in [1.807, 2.05) is 27.8 Å². The third-order valence-electron chi connectivity index (χ3n) is 4.44. The molecule has 1 aromatic heterocycles. The summed E-state index contributed by atoms with van der Waals surface area (Å²) in [7, 11) is 1.85. The number of hydrogen-bond donors (Lipinski definition) is 1. The van der Waals surface area contributed by atoms with Crippen molar-refractivity contribution in [2.24, 2.45) is 7.05 Å². The number of likely N-dealkylation sites (tertiary alicyclic amines) is 1. The molecular weight excluding hydrogens is 270 g/mol. The van der Waals surface area contributed by atoms with Crippen molar-refractivity contribution in [3.8, 4) is 0 Å². The summed E-state index contributed by atoms with van der Waals surface area (Å²) in [6, 6.07) is -0.689. The van der Waals surface area contributed by atoms with E-state index in [9.17, 15) is 14.7 Å². The van der Waals surface area contributed by atoms with Gasteiger partial charge in [-0.25, -0.2) is 4.79 Å². The van der Waals surface area contributed by atoms with Gasteiger partial charge in [-0.2, -0.15) is 5.10 Å². The fraction of sp³-hybridized carbons (Fsp3) is 0.667. The first-order chi connectivity index (χ1) is 9.84. The fourth-order valence-corrected chi connectivity index (χ4v) is 3.24. The van der Waals surface area contributed by atoms with Crippen LogP contribution in [0.1, 0.15) is 49.1 Å². The Balaban J connectivity index is 2.27. The average molecular weight is 293 g/mol. The summed E-state index contributed by atoms with van der Waals surface area (Å²) in [5.41, 5.74) is 2.70. The fourth-order valence-electron chi connectivity index (χ4n) is 3.24. The Morgan fingerprint density at radius 1 is 1.33 bits per heavy atom. The summed E-state index contributed by atoms with van der Waals surface area (Å²) < 4.78 is 1.76. The van der Waals surface area contributed by atoms with Crippen LogP contribution < -0.4 is 0 Å². The lowest BCUT2D eigenvalue weighted by atomic mass is 9.94. The molecular formula is C15H23N3O3. The number of rotatable bonds is 3. The Labute approximate surface area is 124 Å². The molecule has 0 aliphatic carbocycles. The molecule has 1 unspecified atom stereocenters. The zero-order valence-electron chi connectivity index (χ0n) is 13.1. The highest BCUT2D eigenvalue weighted by molar-refractivity contribution is 5.88. The molecule has 2 rings (SSSR count). The Kier molecular flexibility index (Phi) is 4.34. The minimum Gasteiger partial charge on any atom is -0.480 e. The Hall–Kier alpha value is -1.85. The number of carboxylic acid groups (broad SMARTS) is 1. The number of aromatic nitrogens is 2. The molecule has 1 N–H and O–H groups in total. The van der Waals surface area contributed by atoms with Gasteiger partial charge in [0.05, 0.1) is 11.6 Å². The van der Waals surface area contributed by atoms with Gasteiger partial charge in [0.2, 0.25) is 5.91 Å². The monoisotopic (exact) mass is 293 g/mol. The number of piperidine rings is 1. The first kappa shape index (κ1) is 15.5. The van der Waals surface area contributed by atoms with Crippen molar-refractivity contribution >= 4 is 11.9 Å². The van der Waals surface area contributed by atoms with Gasteiger partial charge in [-0.05, 0) is 40.0 Å². The van der Waals surface area contributed by atoms with Crippen LogP contribution in [0.25, 0.3) is 0 Å². The van der Waals surface area contributed by atoms with Gasteiger partial charge in [0, 0.05) is 24.8 Å². The molecule has 1 fully saturated rings. The summed E-state index contributed by atoms with van der Waals surface area (Å²) in [6.07, 6.45) is 2.27. The molecule has 6 heteroatoms. The van der Waals surface area contributed by atoms with Crippen LogP contribution in [0.4, 0.5) is 0 Å². The third-order valence-corrected chi connectivity index (χ3v) is 4.44. The smallest absolute Gasteiger partial charge is 0.326 e. The highest BCUT2D eigenvalue weighted by Crippen LogP contribution is 2.28. The lowest BCUT2D eigenvalue weighted by Crippen LogP contribution is -2.49. The molecule has 0 aromatic carbocycles. The second-order valence-electron chi connectivity index (χ2n) is 5.81. The molecule has 6 nitrogen and oxygen atoms in total. The number of carbonyl (C=O) groups excluding carboxylic acids is 1. The molecule has 116 valence electrons. The maximum Gasteiger partial charge on any atom is 0.326 e. The van der Waals surface area contributed by atoms with Crippen molar-refractivity contribution in [1.82, 2.24) is 14.7 Å². The maximum atomic E-state index is 12.8. The van der Waals surface area contributed by atoms with Gasteiger partial charge in [0.25, 0.3) is 0 Å². The maximum absolute atomic E-state index is 12.8. The van der Waals surface area contributed by atoms with Crippen LogP contribution in [0, 0.1) is 13.8 Å². The number of aliphatic carboxylic acids is 1. The topological polar surface area (TPSA) is 75.4 Å². The first-order valence-corrected chi connectivity index (χ1v) is 7.38. The van der Waals surface area contributed by atoms with Gasteiger partial charge < -0.3 is 10.0 Å². The average Bonchev–Trinajstić information content (AvgIpc) is 2.70. The van der Waals surface area contributed by atoms with Gasteiger partial charge in [0.15, 0.2) is 0 Å². The highest BCUT2D eigenvalue weighted by atomic mass is 16.4. The first-order valence-electron chi connectivity index (χ1n) is 7.38. The lowest BCUT2D eigenvalue weighted by molar-refractivity contribution is -0.152. The summed E-state index contributed by atoms with van der Waals surface area (Å²) in [5.74, 6) is -1.38. The van der Waals surface area contributed by atoms with E-state index in [4.69, 9.17) is 0 Å². The van der Waals surface area contributed by atoms with Gasteiger partial charge in [-0.1, -0.05) is 0 Å². The van der Waals surface area contributed by atoms with Crippen LogP contribution in [-0.2, 0) is 16.6 Å². The molecule has 2 atom stereocenters. The van der Waals surface area contributed by atoms with E-state index in [2.05, 4.69) is 5.10 Å². The van der Waals surface area contributed by atoms with Crippen LogP contribution in [0.3, 0.4) is 0 Å². The number of amides is 1. The molecule has 0 bridgehead atoms. The second-order valence-corrected chi connectivity index (χ2v) is 5.81. The van der Waals surface area contributed by atoms with Crippen molar-refractivity contribution < 1.29 is 14.7 Å². The minimum atomic E-state index is -0.908. The Morgan fingerprint density at radius 2 is 2.00 bits per heavy atom. The van der Waals surface area contributed by atoms with E-state index in [0.29, 0.717) is 13.0 Å². The van der Waals surface area contributed by atoms with Gasteiger partial charge in [0.1, 0.15) is 6.04 Å². The number of nitrogens with zero attached hydrogens (tertiary/aromatic N) is 3. The number of aryl methyl sites for hydroxylation is 2. The van der Waals surface area contributed by atoms with E-state index in [1.54, 1.807) is 4.68 Å². The van der Waals surface area contributed by atoms with E-state index in [0.717, 1.165) is 29.8 Å². The second kappa shape index (κ2) is 5.87. The largest absolute Gasteiger partial charge is 0.480 e. The normalized spacial score (nSPS) is 20.4. The van der Waals surface area contributed by atoms with Crippen LogP contribution in [-0.4, -0.2) is 44.3 Å². The summed E-state index contributed by atoms with van der Waals surface area (Å²) in [6.45, 7) is 6.19. The van der Waals surface area contributed by atoms with Gasteiger partial charge in [-0.3, -0.25) is 9.48 Å². The van der Waals surface area contributed by atoms with Crippen molar-refractivity contribution in [3.05, 3.63) is 17.0 Å². The van der Waals surface area contributed by atoms with E-state index >= 15 is 0 Å². The third kappa shape index (κ3) is 2.80. The van der Waals surface area contributed by atoms with Crippen molar-refractivity contribution in [2.45, 2.75) is 52.0 Å². The molecule has 21 heavy (non-hydrogen) atoms. The molecule has 0 spiro atoms. The Bertz CT molecular complexity index is 565. The standard InChI is InChI=1S/C15H23N3O3/c1-9(13-10(2)16-17(4)11(13)3)14(19)18-8-6-5-7-12(18)15(20)21/h9,12H,5-8H2,1-4H3,(H,20,21)/t9?,12-/m1/s1. The van der Waals surface area contributed by atoms with Crippen LogP contribution in [0.2, 0.25) is 0 Å². The molecule has 1 saturated heterocycles. The Morgan fingerprint density at radius 3 is 2.52 bits per heavy atom. The van der Waals surface area contributed by atoms with Crippen molar-refractivity contribution in [3.63, 3.8) is 0 Å². The molecule has 1 amide bonds. The van der Waals surface area contributed by atoms with Crippen molar-refractivity contribution in [1.29, 1.82) is 0 Å². The lowest BCUT2D eigenvalue weighted by Gasteiger charge is -2.34. The van der Waals surface area contributed by atoms with E-state index in [-0.39, 0.29) is 11.8 Å². The SMILES string of the molecule is Cc1nn(C)c(C)c1C(C)C(=O)N1CCCC[C@@H]1C(=O)O. The molecule has 1 aromatic rings. The number of hydrogen-bond acceptors (Lipinski definition) is 3. The predicted molar refractivity (Wildman–Crippen MR) is 78.1 cm³/mol. The van der Waals surface area contributed by atoms with Crippen molar-refractivity contribution in [2.75, 3.05) is 6.54 Å². The summed E-state index contributed by atoms with van der Waals surface area (Å²) in [5, 5.41) is 13.7. The molecule has 1 aliphatic heterocycles. The van der Waals surface area contributed by atoms with Crippen LogP contribution >= 0.6 is 0 Å². The molecule has 0 radical (unpaired) electrons. The highest BCUT2D eigenvalue weighted by Gasteiger charge is 2.35. The van der Waals surface area contributed by atoms with Crippen LogP contribution in [0.5, 0.6) is 0 Å². The zero-order valence-corrected chi connectivity index (χ0v) is 13.1. The number of carboxylic acids is 1. The van der Waals surface area contributed by atoms with E-state index < -0.39 is 12.0 Å². The zero-order chi connectivity index (χ0) is 15.7. The minimum absolute atomic E-state index is 0.110. The summed E-state index contributed by atoms with van der Waals surface area (Å²) >= 11 is 0. The van der Waals surface area contributed by atoms with Gasteiger partial charge >= 0.3 is 5.97 Å². The molecule has 2 heterocycles. The molecule has 0 saturated carbocycles. The predicted octanol–water partition coefficient (Wildman–Crippen LogP) is 1.61. The molecule has 1 aliphatic rings. The van der Waals surface area contributed by atoms with E-state index in [1.165, 1.54) is 4.90 Å². The summed E-state index contributed by atoms with van der Waals surface area (Å²) in [4.78, 5) is 25.6. The number of carbonyl (C=O) groups is 2. The van der Waals surface area contributed by atoms with Gasteiger partial charge in [-0.15, -0.1) is 0 Å².